The van der Waals surface area contributed by atoms with Crippen LogP contribution in [-0.4, -0.2) is 10.2 Å². The molecule has 0 radical (unpaired) electrons. The average molecular weight is 331 g/mol. The smallest absolute Gasteiger partial charge is 0.565 e. The topological polar surface area (TPSA) is 40.5 Å². The molecule has 0 spiro atoms. The predicted octanol–water partition coefficient (Wildman–Crippen LogP) is 1.14. The van der Waals surface area contributed by atoms with Crippen molar-refractivity contribution in [1.29, 1.82) is 0 Å². The Kier molecular flexibility index (Phi) is 9.98. The monoisotopic (exact) mass is 330 g/mol. The van der Waals surface area contributed by atoms with Gasteiger partial charge in [-0.25, -0.2) is 0 Å². The minimum Gasteiger partial charge on any atom is -0.565 e. The molecule has 0 fully saturated rings. The van der Waals surface area contributed by atoms with E-state index < -0.39 is 0 Å². The van der Waals surface area contributed by atoms with Gasteiger partial charge in [-0.2, -0.15) is 6.07 Å². The molecule has 1 rings (SSSR count). The molecule has 98 valence electrons. The molecule has 0 aliphatic rings. The maximum atomic E-state index is 9.62. The summed E-state index contributed by atoms with van der Waals surface area (Å²) in [4.78, 5) is 0. The van der Waals surface area contributed by atoms with Gasteiger partial charge in [0.15, 0.2) is 0 Å². The van der Waals surface area contributed by atoms with E-state index in [1.165, 1.54) is 23.3 Å². The Bertz CT molecular complexity index is 438. The van der Waals surface area contributed by atoms with Crippen LogP contribution in [-0.2, 0) is 6.42 Å². The molecule has 1 aromatic rings. The fraction of sp³-hybridized carbons (Fsp3) is 0.375. The van der Waals surface area contributed by atoms with E-state index in [4.69, 9.17) is 0 Å². The Hall–Kier alpha value is 0.105. The first kappa shape index (κ1) is 19.1. The van der Waals surface area contributed by atoms with Crippen molar-refractivity contribution in [1.82, 2.24) is 0 Å². The Morgan fingerprint density at radius 3 is 2.21 bits per heavy atom. The molecule has 19 heavy (non-hydrogen) atoms. The van der Waals surface area contributed by atoms with Gasteiger partial charge in [-0.3, -0.25) is 0 Å². The van der Waals surface area contributed by atoms with Crippen LogP contribution in [0.2, 0.25) is 0 Å². The minimum atomic E-state index is 0. The van der Waals surface area contributed by atoms with Crippen LogP contribution in [0.1, 0.15) is 39.2 Å². The molecular weight excluding hydrogens is 310 g/mol. The molecule has 0 unspecified atom stereocenters. The predicted molar refractivity (Wildman–Crippen MR) is 74.7 cm³/mol. The maximum absolute atomic E-state index is 9.62. The van der Waals surface area contributed by atoms with Crippen molar-refractivity contribution in [3.8, 4) is 11.5 Å². The van der Waals surface area contributed by atoms with Gasteiger partial charge in [-0.15, -0.1) is 12.1 Å². The molecule has 0 heterocycles. The zero-order valence-electron chi connectivity index (χ0n) is 12.3. The van der Waals surface area contributed by atoms with Crippen LogP contribution in [0.25, 0.3) is 0 Å². The van der Waals surface area contributed by atoms with E-state index in [2.05, 4.69) is 32.9 Å². The standard InChI is InChI=1S/C16H21O2.Rb/c1-12(2)6-4-7-13(3)10-11-14-15(17)8-5-9-16(14)18;/h6,8-10,17-18H,4,7,11H2,1-3H3;/q-1;+1/b13-10+;. The molecule has 2 N–H and O–H groups in total. The van der Waals surface area contributed by atoms with Gasteiger partial charge in [0.25, 0.3) is 0 Å². The van der Waals surface area contributed by atoms with Crippen LogP contribution in [0, 0.1) is 6.07 Å². The summed E-state index contributed by atoms with van der Waals surface area (Å²) in [7, 11) is 0. The molecule has 0 aromatic heterocycles. The number of hydrogen-bond acceptors (Lipinski definition) is 2. The second kappa shape index (κ2) is 9.92. The molecule has 1 aromatic carbocycles. The number of benzene rings is 1. The summed E-state index contributed by atoms with van der Waals surface area (Å²) in [6.45, 7) is 6.26. The van der Waals surface area contributed by atoms with Crippen LogP contribution >= 0.6 is 0 Å². The van der Waals surface area contributed by atoms with Gasteiger partial charge in [0, 0.05) is 11.5 Å². The summed E-state index contributed by atoms with van der Waals surface area (Å²) in [5.41, 5.74) is 3.16. The van der Waals surface area contributed by atoms with Gasteiger partial charge in [0.05, 0.1) is 0 Å². The van der Waals surface area contributed by atoms with Gasteiger partial charge < -0.3 is 10.2 Å². The molecule has 0 atom stereocenters. The summed E-state index contributed by atoms with van der Waals surface area (Å²) in [6, 6.07) is 5.62. The van der Waals surface area contributed by atoms with Gasteiger partial charge in [-0.05, 0) is 40.0 Å². The third-order valence-electron chi connectivity index (χ3n) is 2.80. The Labute approximate surface area is 165 Å². The van der Waals surface area contributed by atoms with E-state index in [9.17, 15) is 10.2 Å². The normalized spacial score (nSPS) is 10.8. The van der Waals surface area contributed by atoms with E-state index in [1.54, 1.807) is 0 Å². The van der Waals surface area contributed by atoms with Crippen molar-refractivity contribution in [3.63, 3.8) is 0 Å². The molecule has 0 amide bonds. The first-order chi connectivity index (χ1) is 8.50. The van der Waals surface area contributed by atoms with Gasteiger partial charge in [0.1, 0.15) is 0 Å². The molecule has 3 heteroatoms. The first-order valence-electron chi connectivity index (χ1n) is 6.20. The zero-order chi connectivity index (χ0) is 13.5. The molecule has 0 saturated heterocycles. The summed E-state index contributed by atoms with van der Waals surface area (Å²) in [6.07, 6.45) is 6.85. The fourth-order valence-electron chi connectivity index (χ4n) is 1.68. The van der Waals surface area contributed by atoms with Crippen molar-refractivity contribution < 1.29 is 68.4 Å². The van der Waals surface area contributed by atoms with E-state index in [1.807, 2.05) is 6.08 Å². The van der Waals surface area contributed by atoms with E-state index in [0.717, 1.165) is 12.8 Å². The van der Waals surface area contributed by atoms with Crippen LogP contribution in [0.3, 0.4) is 0 Å². The largest absolute Gasteiger partial charge is 1.00 e. The SMILES string of the molecule is CC(C)=CCC/C(C)=C/Cc1c(O)c[c-]cc1O.[Rb+]. The molecule has 0 aliphatic heterocycles. The number of hydrogen-bond donors (Lipinski definition) is 2. The van der Waals surface area contributed by atoms with Crippen LogP contribution in [0.5, 0.6) is 11.5 Å². The van der Waals surface area contributed by atoms with Crippen molar-refractivity contribution >= 4 is 0 Å². The molecule has 0 saturated carbocycles. The van der Waals surface area contributed by atoms with Crippen molar-refractivity contribution in [3.05, 3.63) is 47.1 Å². The van der Waals surface area contributed by atoms with E-state index >= 15 is 0 Å². The second-order valence-electron chi connectivity index (χ2n) is 4.78. The average Bonchev–Trinajstić information content (AvgIpc) is 2.27. The van der Waals surface area contributed by atoms with Gasteiger partial charge in [0.2, 0.25) is 0 Å². The van der Waals surface area contributed by atoms with Crippen molar-refractivity contribution in [2.24, 2.45) is 0 Å². The Morgan fingerprint density at radius 2 is 1.68 bits per heavy atom. The van der Waals surface area contributed by atoms with Crippen LogP contribution in [0.4, 0.5) is 0 Å². The maximum Gasteiger partial charge on any atom is 1.00 e. The number of phenolic OH excluding ortho intramolecular Hbond substituents is 2. The third kappa shape index (κ3) is 7.45. The second-order valence-corrected chi connectivity index (χ2v) is 4.78. The number of rotatable bonds is 5. The summed E-state index contributed by atoms with van der Waals surface area (Å²) in [5.74, 6) is 0.201. The Balaban J connectivity index is 0.00000324. The zero-order valence-corrected chi connectivity index (χ0v) is 17.2. The third-order valence-corrected chi connectivity index (χ3v) is 2.80. The van der Waals surface area contributed by atoms with Gasteiger partial charge >= 0.3 is 58.2 Å². The van der Waals surface area contributed by atoms with Crippen LogP contribution < -0.4 is 58.2 Å². The molecule has 0 aliphatic carbocycles. The quantitative estimate of drug-likeness (QED) is 0.628. The number of aromatic hydroxyl groups is 2. The first-order valence-corrected chi connectivity index (χ1v) is 6.20. The fourth-order valence-corrected chi connectivity index (χ4v) is 1.68. The molecule has 0 bridgehead atoms. The Morgan fingerprint density at radius 1 is 1.11 bits per heavy atom. The summed E-state index contributed by atoms with van der Waals surface area (Å²) >= 11 is 0. The van der Waals surface area contributed by atoms with Crippen LogP contribution in [0.15, 0.2) is 35.4 Å². The summed E-state index contributed by atoms with van der Waals surface area (Å²) < 4.78 is 0. The molecule has 2 nitrogen and oxygen atoms in total. The van der Waals surface area contributed by atoms with Gasteiger partial charge in [-0.1, -0.05) is 28.9 Å². The minimum absolute atomic E-state index is 0. The van der Waals surface area contributed by atoms with Crippen molar-refractivity contribution in [2.75, 3.05) is 0 Å². The van der Waals surface area contributed by atoms with E-state index in [0.29, 0.717) is 12.0 Å². The van der Waals surface area contributed by atoms with E-state index in [-0.39, 0.29) is 69.7 Å². The molecular formula is C16H21O2Rb. The number of allylic oxidation sites excluding steroid dienone is 4. The number of phenols is 2. The summed E-state index contributed by atoms with van der Waals surface area (Å²) in [5, 5.41) is 19.2. The van der Waals surface area contributed by atoms with Crippen molar-refractivity contribution in [2.45, 2.75) is 40.0 Å².